The molecule has 0 amide bonds. The Balaban J connectivity index is 2.02. The summed E-state index contributed by atoms with van der Waals surface area (Å²) in [5.41, 5.74) is 2.61. The van der Waals surface area contributed by atoms with Crippen LogP contribution in [-0.2, 0) is 9.16 Å². The van der Waals surface area contributed by atoms with Crippen molar-refractivity contribution < 1.29 is 9.16 Å². The molecule has 2 rings (SSSR count). The molecule has 0 aliphatic rings. The molecule has 3 heteroatoms. The Morgan fingerprint density at radius 2 is 1.35 bits per heavy atom. The van der Waals surface area contributed by atoms with Crippen LogP contribution in [-0.4, -0.2) is 30.3 Å². The van der Waals surface area contributed by atoms with Crippen molar-refractivity contribution in [1.82, 2.24) is 0 Å². The molecule has 0 aliphatic carbocycles. The predicted octanol–water partition coefficient (Wildman–Crippen LogP) is 2.52. The van der Waals surface area contributed by atoms with Crippen molar-refractivity contribution in [1.29, 1.82) is 0 Å². The van der Waals surface area contributed by atoms with E-state index in [2.05, 4.69) is 60.7 Å². The van der Waals surface area contributed by atoms with Crippen LogP contribution in [0.3, 0.4) is 0 Å². The lowest BCUT2D eigenvalue weighted by Gasteiger charge is -2.18. The molecule has 0 spiro atoms. The third-order valence-corrected chi connectivity index (χ3v) is 3.73. The van der Waals surface area contributed by atoms with Crippen molar-refractivity contribution in [3.63, 3.8) is 0 Å². The Bertz CT molecular complexity index is 433. The first-order valence-electron chi connectivity index (χ1n) is 7.08. The van der Waals surface area contributed by atoms with Crippen molar-refractivity contribution in [3.05, 3.63) is 71.8 Å². The van der Waals surface area contributed by atoms with E-state index in [0.717, 1.165) is 36.7 Å². The first kappa shape index (κ1) is 15.0. The normalized spacial score (nSPS) is 11.1. The van der Waals surface area contributed by atoms with Crippen molar-refractivity contribution >= 4 is 10.5 Å². The molecule has 0 radical (unpaired) electrons. The highest BCUT2D eigenvalue weighted by molar-refractivity contribution is 5.97. The highest BCUT2D eigenvalue weighted by Gasteiger charge is 2.13. The van der Waals surface area contributed by atoms with Gasteiger partial charge in [-0.2, -0.15) is 0 Å². The fourth-order valence-electron chi connectivity index (χ4n) is 2.26. The predicted molar refractivity (Wildman–Crippen MR) is 86.1 cm³/mol. The lowest BCUT2D eigenvalue weighted by Crippen LogP contribution is -2.11. The molecule has 2 nitrogen and oxygen atoms in total. The lowest BCUT2D eigenvalue weighted by molar-refractivity contribution is 0.115. The quantitative estimate of drug-likeness (QED) is 0.548. The summed E-state index contributed by atoms with van der Waals surface area (Å²) in [4.78, 5) is 0. The molecule has 0 saturated carbocycles. The van der Waals surface area contributed by atoms with Gasteiger partial charge in [-0.05, 0) is 17.5 Å². The minimum absolute atomic E-state index is 0.300. The van der Waals surface area contributed by atoms with Crippen LogP contribution in [0.4, 0.5) is 0 Å². The largest absolute Gasteiger partial charge is 0.428 e. The summed E-state index contributed by atoms with van der Waals surface area (Å²) >= 11 is 0. The van der Waals surface area contributed by atoms with Crippen LogP contribution >= 0.6 is 0 Å². The third-order valence-electron chi connectivity index (χ3n) is 3.33. The van der Waals surface area contributed by atoms with Gasteiger partial charge in [0, 0.05) is 19.1 Å². The van der Waals surface area contributed by atoms with Gasteiger partial charge in [0.05, 0.1) is 6.61 Å². The van der Waals surface area contributed by atoms with E-state index in [1.165, 1.54) is 11.1 Å². The molecule has 20 heavy (non-hydrogen) atoms. The summed E-state index contributed by atoms with van der Waals surface area (Å²) in [6.07, 6.45) is 0.972. The van der Waals surface area contributed by atoms with E-state index in [0.29, 0.717) is 5.92 Å². The Morgan fingerprint density at radius 3 is 1.85 bits per heavy atom. The molecule has 106 valence electrons. The molecule has 2 aromatic rings. The number of hydrogen-bond acceptors (Lipinski definition) is 2. The zero-order chi connectivity index (χ0) is 14.0. The first-order chi connectivity index (χ1) is 9.92. The van der Waals surface area contributed by atoms with Crippen LogP contribution in [0.5, 0.6) is 0 Å². The number of hydrogen-bond donors (Lipinski definition) is 0. The van der Waals surface area contributed by atoms with Gasteiger partial charge < -0.3 is 9.16 Å². The Morgan fingerprint density at radius 1 is 0.800 bits per heavy atom. The molecule has 0 unspecified atom stereocenters. The van der Waals surface area contributed by atoms with Crippen molar-refractivity contribution in [3.8, 4) is 0 Å². The van der Waals surface area contributed by atoms with Gasteiger partial charge in [0.1, 0.15) is 10.5 Å². The van der Waals surface area contributed by atoms with Crippen LogP contribution < -0.4 is 0 Å². The highest BCUT2D eigenvalue weighted by Crippen LogP contribution is 2.24. The van der Waals surface area contributed by atoms with E-state index in [-0.39, 0.29) is 0 Å². The number of benzene rings is 2. The van der Waals surface area contributed by atoms with Crippen LogP contribution in [0.2, 0.25) is 0 Å². The molecule has 0 fully saturated rings. The van der Waals surface area contributed by atoms with Gasteiger partial charge in [0.25, 0.3) is 0 Å². The van der Waals surface area contributed by atoms with Crippen molar-refractivity contribution in [2.75, 3.05) is 19.8 Å². The maximum atomic E-state index is 5.84. The van der Waals surface area contributed by atoms with Gasteiger partial charge in [0.15, 0.2) is 0 Å². The highest BCUT2D eigenvalue weighted by atomic mass is 28.2. The average molecular weight is 286 g/mol. The minimum atomic E-state index is 0.300. The fourth-order valence-corrected chi connectivity index (χ4v) is 2.55. The van der Waals surface area contributed by atoms with E-state index in [9.17, 15) is 0 Å². The monoisotopic (exact) mass is 286 g/mol. The van der Waals surface area contributed by atoms with Gasteiger partial charge in [0.2, 0.25) is 0 Å². The van der Waals surface area contributed by atoms with Gasteiger partial charge in [-0.3, -0.25) is 0 Å². The van der Waals surface area contributed by atoms with Gasteiger partial charge in [-0.15, -0.1) is 0 Å². The maximum absolute atomic E-state index is 5.84. The smallest absolute Gasteiger partial charge is 0.145 e. The van der Waals surface area contributed by atoms with E-state index >= 15 is 0 Å². The molecule has 0 aliphatic heterocycles. The maximum Gasteiger partial charge on any atom is 0.145 e. The van der Waals surface area contributed by atoms with Gasteiger partial charge in [-0.25, -0.2) is 0 Å². The second-order valence-electron chi connectivity index (χ2n) is 4.80. The van der Waals surface area contributed by atoms with Crippen LogP contribution in [0.15, 0.2) is 60.7 Å². The molecule has 2 aromatic carbocycles. The average Bonchev–Trinajstić information content (AvgIpc) is 2.53. The van der Waals surface area contributed by atoms with Crippen LogP contribution in [0.1, 0.15) is 23.5 Å². The van der Waals surface area contributed by atoms with Crippen LogP contribution in [0.25, 0.3) is 0 Å². The second kappa shape index (κ2) is 8.69. The summed E-state index contributed by atoms with van der Waals surface area (Å²) < 4.78 is 11.0. The Hall–Kier alpha value is -1.42. The van der Waals surface area contributed by atoms with Crippen molar-refractivity contribution in [2.45, 2.75) is 12.3 Å². The SMILES string of the molecule is [SiH3]OCCCOCC(c1ccccc1)c1ccccc1. The summed E-state index contributed by atoms with van der Waals surface area (Å²) in [5, 5.41) is 0. The van der Waals surface area contributed by atoms with E-state index in [1.54, 1.807) is 0 Å². The van der Waals surface area contributed by atoms with E-state index < -0.39 is 0 Å². The molecular formula is C17H22O2Si. The minimum Gasteiger partial charge on any atom is -0.428 e. The molecule has 0 bridgehead atoms. The summed E-state index contributed by atoms with van der Waals surface area (Å²) in [5.74, 6) is 0.300. The molecular weight excluding hydrogens is 264 g/mol. The summed E-state index contributed by atoms with van der Waals surface area (Å²) in [6.45, 7) is 2.29. The van der Waals surface area contributed by atoms with Crippen molar-refractivity contribution in [2.24, 2.45) is 0 Å². The Labute approximate surface area is 124 Å². The molecule has 0 N–H and O–H groups in total. The zero-order valence-corrected chi connectivity index (χ0v) is 14.0. The first-order valence-corrected chi connectivity index (χ1v) is 7.90. The van der Waals surface area contributed by atoms with E-state index in [4.69, 9.17) is 9.16 Å². The third kappa shape index (κ3) is 4.60. The molecule has 0 heterocycles. The standard InChI is InChI=1S/C17H22O2Si/c20-19-13-7-12-18-14-17(15-8-3-1-4-9-15)16-10-5-2-6-11-16/h1-6,8-11,17H,7,12-14H2,20H3. The summed E-state index contributed by atoms with van der Waals surface area (Å²) in [7, 11) is 0.808. The number of ether oxygens (including phenoxy) is 1. The van der Waals surface area contributed by atoms with E-state index in [1.807, 2.05) is 0 Å². The molecule has 0 aromatic heterocycles. The number of rotatable bonds is 8. The topological polar surface area (TPSA) is 18.5 Å². The van der Waals surface area contributed by atoms with Gasteiger partial charge >= 0.3 is 0 Å². The zero-order valence-electron chi connectivity index (χ0n) is 12.0. The summed E-state index contributed by atoms with van der Waals surface area (Å²) in [6, 6.07) is 21.1. The molecule has 0 atom stereocenters. The fraction of sp³-hybridized carbons (Fsp3) is 0.294. The Kier molecular flexibility index (Phi) is 6.51. The van der Waals surface area contributed by atoms with Gasteiger partial charge in [-0.1, -0.05) is 60.7 Å². The molecule has 0 saturated heterocycles. The lowest BCUT2D eigenvalue weighted by atomic mass is 9.92. The van der Waals surface area contributed by atoms with Crippen LogP contribution in [0, 0.1) is 0 Å². The second-order valence-corrected chi connectivity index (χ2v) is 5.37.